The first kappa shape index (κ1) is 22.2. The van der Waals surface area contributed by atoms with Gasteiger partial charge in [0.2, 0.25) is 17.7 Å². The van der Waals surface area contributed by atoms with Gasteiger partial charge in [0.05, 0.1) is 13.2 Å². The molecule has 3 unspecified atom stereocenters. The van der Waals surface area contributed by atoms with Gasteiger partial charge in [-0.15, -0.1) is 0 Å². The number of carboxylic acid groups (broad SMARTS) is 1. The molecule has 0 bridgehead atoms. The molecule has 3 atom stereocenters. The summed E-state index contributed by atoms with van der Waals surface area (Å²) in [4.78, 5) is 48.8. The number of carbonyl (C=O) groups excluding carboxylic acids is 3. The summed E-state index contributed by atoms with van der Waals surface area (Å²) in [7, 11) is 0. The van der Waals surface area contributed by atoms with Crippen LogP contribution in [0.3, 0.4) is 0 Å². The molecule has 1 saturated heterocycles. The quantitative estimate of drug-likeness (QED) is 0.279. The van der Waals surface area contributed by atoms with Gasteiger partial charge in [-0.1, -0.05) is 0 Å². The molecule has 0 aromatic rings. The highest BCUT2D eigenvalue weighted by molar-refractivity contribution is 7.98. The molecule has 1 aliphatic rings. The van der Waals surface area contributed by atoms with Gasteiger partial charge in [0.1, 0.15) is 18.1 Å². The number of hydrogen-bond acceptors (Lipinski definition) is 7. The number of nitrogens with two attached hydrogens (primary N) is 1. The van der Waals surface area contributed by atoms with Gasteiger partial charge < -0.3 is 31.5 Å². The van der Waals surface area contributed by atoms with Crippen molar-refractivity contribution in [1.29, 1.82) is 0 Å². The van der Waals surface area contributed by atoms with Crippen LogP contribution in [0.5, 0.6) is 0 Å². The molecule has 1 fully saturated rings. The zero-order chi connectivity index (χ0) is 19.7. The van der Waals surface area contributed by atoms with Crippen LogP contribution in [-0.2, 0) is 19.2 Å². The maximum absolute atomic E-state index is 12.7. The maximum atomic E-state index is 12.7. The summed E-state index contributed by atoms with van der Waals surface area (Å²) < 4.78 is 0. The number of rotatable bonds is 10. The molecule has 0 aromatic carbocycles. The first-order valence-electron chi connectivity index (χ1n) is 8.27. The van der Waals surface area contributed by atoms with E-state index in [1.54, 1.807) is 0 Å². The van der Waals surface area contributed by atoms with Gasteiger partial charge in [0.25, 0.3) is 0 Å². The number of carbonyl (C=O) groups is 4. The van der Waals surface area contributed by atoms with Crippen LogP contribution in [0.2, 0.25) is 0 Å². The van der Waals surface area contributed by atoms with Crippen LogP contribution in [0, 0.1) is 0 Å². The lowest BCUT2D eigenvalue weighted by Gasteiger charge is -2.27. The monoisotopic (exact) mass is 390 g/mol. The van der Waals surface area contributed by atoms with Crippen LogP contribution in [0.15, 0.2) is 0 Å². The van der Waals surface area contributed by atoms with E-state index in [0.717, 1.165) is 0 Å². The largest absolute Gasteiger partial charge is 0.480 e. The molecule has 0 spiro atoms. The lowest BCUT2D eigenvalue weighted by atomic mass is 10.1. The van der Waals surface area contributed by atoms with Gasteiger partial charge in [-0.3, -0.25) is 14.4 Å². The lowest BCUT2D eigenvalue weighted by molar-refractivity contribution is -0.149. The van der Waals surface area contributed by atoms with E-state index in [2.05, 4.69) is 10.6 Å². The number of aliphatic carboxylic acids is 1. The highest BCUT2D eigenvalue weighted by atomic mass is 32.2. The third kappa shape index (κ3) is 6.46. The summed E-state index contributed by atoms with van der Waals surface area (Å²) in [6, 6.07) is -2.87. The van der Waals surface area contributed by atoms with Gasteiger partial charge >= 0.3 is 5.97 Å². The van der Waals surface area contributed by atoms with Gasteiger partial charge in [0, 0.05) is 6.54 Å². The molecule has 0 aliphatic carbocycles. The first-order chi connectivity index (χ1) is 12.3. The second-order valence-corrected chi connectivity index (χ2v) is 6.92. The molecule has 148 valence electrons. The normalized spacial score (nSPS) is 18.9. The molecule has 0 saturated carbocycles. The van der Waals surface area contributed by atoms with E-state index in [1.165, 1.54) is 16.7 Å². The molecule has 1 aliphatic heterocycles. The zero-order valence-corrected chi connectivity index (χ0v) is 15.5. The fourth-order valence-electron chi connectivity index (χ4n) is 2.61. The minimum absolute atomic E-state index is 0.337. The van der Waals surface area contributed by atoms with Crippen LogP contribution >= 0.6 is 11.8 Å². The standard InChI is InChI=1S/C15H26N4O6S/c1-26-6-4-10(14(23)19-5-2-3-11(19)15(24)25)18-12(21)7-17-13(22)9(16)8-20/h9-11,20H,2-8,16H2,1H3,(H,17,22)(H,18,21)(H,24,25). The molecular formula is C15H26N4O6S. The second kappa shape index (κ2) is 11.0. The minimum atomic E-state index is -1.13. The van der Waals surface area contributed by atoms with Crippen molar-refractivity contribution in [3.05, 3.63) is 0 Å². The van der Waals surface area contributed by atoms with Crippen LogP contribution in [0.4, 0.5) is 0 Å². The van der Waals surface area contributed by atoms with Crippen molar-refractivity contribution in [2.24, 2.45) is 5.73 Å². The van der Waals surface area contributed by atoms with Crippen molar-refractivity contribution in [1.82, 2.24) is 15.5 Å². The lowest BCUT2D eigenvalue weighted by Crippen LogP contribution is -2.54. The Balaban J connectivity index is 2.67. The number of amides is 3. The Hall–Kier alpha value is -1.85. The molecule has 1 rings (SSSR count). The van der Waals surface area contributed by atoms with E-state index in [4.69, 9.17) is 10.8 Å². The van der Waals surface area contributed by atoms with Crippen LogP contribution in [0.1, 0.15) is 19.3 Å². The highest BCUT2D eigenvalue weighted by Gasteiger charge is 2.37. The van der Waals surface area contributed by atoms with Crippen molar-refractivity contribution in [3.8, 4) is 0 Å². The van der Waals surface area contributed by atoms with Gasteiger partial charge in [-0.05, 0) is 31.3 Å². The molecule has 0 aromatic heterocycles. The smallest absolute Gasteiger partial charge is 0.326 e. The number of nitrogens with zero attached hydrogens (tertiary/aromatic N) is 1. The molecule has 6 N–H and O–H groups in total. The molecular weight excluding hydrogens is 364 g/mol. The van der Waals surface area contributed by atoms with E-state index in [1.807, 2.05) is 6.26 Å². The maximum Gasteiger partial charge on any atom is 0.326 e. The highest BCUT2D eigenvalue weighted by Crippen LogP contribution is 2.19. The van der Waals surface area contributed by atoms with Crippen LogP contribution in [0.25, 0.3) is 0 Å². The second-order valence-electron chi connectivity index (χ2n) is 5.94. The van der Waals surface area contributed by atoms with Crippen molar-refractivity contribution in [3.63, 3.8) is 0 Å². The van der Waals surface area contributed by atoms with Crippen molar-refractivity contribution in [2.45, 2.75) is 37.4 Å². The fourth-order valence-corrected chi connectivity index (χ4v) is 3.08. The zero-order valence-electron chi connectivity index (χ0n) is 14.6. The van der Waals surface area contributed by atoms with E-state index in [-0.39, 0.29) is 0 Å². The molecule has 26 heavy (non-hydrogen) atoms. The summed E-state index contributed by atoms with van der Waals surface area (Å²) in [6.07, 6.45) is 3.19. The Morgan fingerprint density at radius 2 is 2.04 bits per heavy atom. The van der Waals surface area contributed by atoms with E-state index < -0.39 is 55.0 Å². The summed E-state index contributed by atoms with van der Waals surface area (Å²) in [5.74, 6) is -2.16. The number of carboxylic acids is 1. The Kier molecular flexibility index (Phi) is 9.38. The van der Waals surface area contributed by atoms with E-state index in [0.29, 0.717) is 31.6 Å². The summed E-state index contributed by atoms with van der Waals surface area (Å²) in [5.41, 5.74) is 5.33. The Bertz CT molecular complexity index is 532. The third-order valence-electron chi connectivity index (χ3n) is 4.02. The van der Waals surface area contributed by atoms with Crippen molar-refractivity contribution < 1.29 is 29.4 Å². The van der Waals surface area contributed by atoms with Gasteiger partial charge in [-0.2, -0.15) is 11.8 Å². The number of thioether (sulfide) groups is 1. The predicted octanol–water partition coefficient (Wildman–Crippen LogP) is -2.26. The average molecular weight is 390 g/mol. The third-order valence-corrected chi connectivity index (χ3v) is 4.67. The Morgan fingerprint density at radius 3 is 2.62 bits per heavy atom. The molecule has 0 radical (unpaired) electrons. The van der Waals surface area contributed by atoms with Gasteiger partial charge in [-0.25, -0.2) is 4.79 Å². The number of hydrogen-bond donors (Lipinski definition) is 5. The molecule has 3 amide bonds. The van der Waals surface area contributed by atoms with E-state index in [9.17, 15) is 24.3 Å². The average Bonchev–Trinajstić information content (AvgIpc) is 3.11. The van der Waals surface area contributed by atoms with Crippen LogP contribution < -0.4 is 16.4 Å². The molecule has 11 heteroatoms. The minimum Gasteiger partial charge on any atom is -0.480 e. The SMILES string of the molecule is CSCCC(NC(=O)CNC(=O)C(N)CO)C(=O)N1CCCC1C(=O)O. The van der Waals surface area contributed by atoms with Crippen molar-refractivity contribution >= 4 is 35.5 Å². The number of nitrogens with one attached hydrogen (secondary N) is 2. The number of aliphatic hydroxyl groups is 1. The summed E-state index contributed by atoms with van der Waals surface area (Å²) >= 11 is 1.50. The van der Waals surface area contributed by atoms with Crippen LogP contribution in [-0.4, -0.2) is 88.6 Å². The summed E-state index contributed by atoms with van der Waals surface area (Å²) in [5, 5.41) is 22.8. The topological polar surface area (TPSA) is 162 Å². The summed E-state index contributed by atoms with van der Waals surface area (Å²) in [6.45, 7) is -0.602. The fraction of sp³-hybridized carbons (Fsp3) is 0.733. The number of aliphatic hydroxyl groups excluding tert-OH is 1. The molecule has 10 nitrogen and oxygen atoms in total. The Morgan fingerprint density at radius 1 is 1.35 bits per heavy atom. The van der Waals surface area contributed by atoms with Gasteiger partial charge in [0.15, 0.2) is 0 Å². The van der Waals surface area contributed by atoms with E-state index >= 15 is 0 Å². The Labute approximate surface area is 155 Å². The molecule has 1 heterocycles. The van der Waals surface area contributed by atoms with Crippen molar-refractivity contribution in [2.75, 3.05) is 31.7 Å². The first-order valence-corrected chi connectivity index (χ1v) is 9.67. The number of likely N-dealkylation sites (tertiary alicyclic amines) is 1. The predicted molar refractivity (Wildman–Crippen MR) is 95.4 cm³/mol.